The van der Waals surface area contributed by atoms with E-state index in [9.17, 15) is 9.59 Å². The Kier molecular flexibility index (Phi) is 4.50. The van der Waals surface area contributed by atoms with Gasteiger partial charge < -0.3 is 15.4 Å². The zero-order valence-electron chi connectivity index (χ0n) is 9.92. The number of aromatic nitrogens is 2. The average molecular weight is 240 g/mol. The SMILES string of the molecule is CCN(CC(=O)OC)C(=O)Cn1cc(N)cn1. The molecule has 17 heavy (non-hydrogen) atoms. The first-order chi connectivity index (χ1) is 8.06. The van der Waals surface area contributed by atoms with Crippen molar-refractivity contribution in [3.05, 3.63) is 12.4 Å². The molecule has 0 atom stereocenters. The van der Waals surface area contributed by atoms with Crippen molar-refractivity contribution < 1.29 is 14.3 Å². The molecule has 0 aliphatic heterocycles. The van der Waals surface area contributed by atoms with Gasteiger partial charge in [-0.05, 0) is 6.92 Å². The molecule has 0 saturated heterocycles. The third-order valence-corrected chi connectivity index (χ3v) is 2.23. The van der Waals surface area contributed by atoms with Gasteiger partial charge >= 0.3 is 5.97 Å². The van der Waals surface area contributed by atoms with Gasteiger partial charge in [0, 0.05) is 12.7 Å². The van der Waals surface area contributed by atoms with E-state index in [4.69, 9.17) is 5.73 Å². The lowest BCUT2D eigenvalue weighted by atomic mass is 10.4. The van der Waals surface area contributed by atoms with Gasteiger partial charge in [-0.1, -0.05) is 0 Å². The first kappa shape index (κ1) is 13.0. The predicted molar refractivity (Wildman–Crippen MR) is 60.9 cm³/mol. The minimum atomic E-state index is -0.444. The summed E-state index contributed by atoms with van der Waals surface area (Å²) in [5.74, 6) is -0.652. The number of carbonyl (C=O) groups is 2. The highest BCUT2D eigenvalue weighted by atomic mass is 16.5. The molecule has 2 N–H and O–H groups in total. The topological polar surface area (TPSA) is 90.5 Å². The van der Waals surface area contributed by atoms with E-state index in [0.29, 0.717) is 12.2 Å². The van der Waals surface area contributed by atoms with Gasteiger partial charge in [-0.2, -0.15) is 5.10 Å². The van der Waals surface area contributed by atoms with E-state index in [1.54, 1.807) is 13.1 Å². The van der Waals surface area contributed by atoms with Crippen LogP contribution in [0.4, 0.5) is 5.69 Å². The Hall–Kier alpha value is -2.05. The number of likely N-dealkylation sites (N-methyl/N-ethyl adjacent to an activating group) is 1. The normalized spacial score (nSPS) is 10.0. The molecule has 1 rings (SSSR count). The number of rotatable bonds is 5. The highest BCUT2D eigenvalue weighted by Crippen LogP contribution is 2.00. The fraction of sp³-hybridized carbons (Fsp3) is 0.500. The van der Waals surface area contributed by atoms with Crippen LogP contribution < -0.4 is 5.73 Å². The number of carbonyl (C=O) groups excluding carboxylic acids is 2. The second-order valence-electron chi connectivity index (χ2n) is 3.46. The number of anilines is 1. The molecule has 1 amide bonds. The number of ether oxygens (including phenoxy) is 1. The maximum absolute atomic E-state index is 11.8. The van der Waals surface area contributed by atoms with Crippen molar-refractivity contribution in [1.82, 2.24) is 14.7 Å². The summed E-state index contributed by atoms with van der Waals surface area (Å²) in [6.45, 7) is 2.23. The predicted octanol–water partition coefficient (Wildman–Crippen LogP) is -0.513. The fourth-order valence-electron chi connectivity index (χ4n) is 1.30. The van der Waals surface area contributed by atoms with Gasteiger partial charge in [0.2, 0.25) is 5.91 Å². The lowest BCUT2D eigenvalue weighted by Crippen LogP contribution is -2.38. The minimum Gasteiger partial charge on any atom is -0.468 e. The van der Waals surface area contributed by atoms with E-state index >= 15 is 0 Å². The summed E-state index contributed by atoms with van der Waals surface area (Å²) < 4.78 is 5.94. The van der Waals surface area contributed by atoms with E-state index in [2.05, 4.69) is 9.84 Å². The van der Waals surface area contributed by atoms with Crippen molar-refractivity contribution in [3.63, 3.8) is 0 Å². The number of methoxy groups -OCH3 is 1. The summed E-state index contributed by atoms with van der Waals surface area (Å²) in [5.41, 5.74) is 5.98. The number of hydrogen-bond acceptors (Lipinski definition) is 5. The lowest BCUT2D eigenvalue weighted by molar-refractivity contribution is -0.147. The maximum atomic E-state index is 11.8. The number of hydrogen-bond donors (Lipinski definition) is 1. The molecule has 1 heterocycles. The number of nitrogens with zero attached hydrogens (tertiary/aromatic N) is 3. The number of esters is 1. The van der Waals surface area contributed by atoms with Gasteiger partial charge in [-0.25, -0.2) is 0 Å². The Labute approximate surface area is 99.1 Å². The van der Waals surface area contributed by atoms with Crippen LogP contribution >= 0.6 is 0 Å². The van der Waals surface area contributed by atoms with Crippen molar-refractivity contribution in [2.24, 2.45) is 0 Å². The van der Waals surface area contributed by atoms with Crippen LogP contribution in [0.15, 0.2) is 12.4 Å². The van der Waals surface area contributed by atoms with Gasteiger partial charge in [-0.15, -0.1) is 0 Å². The van der Waals surface area contributed by atoms with E-state index in [1.807, 2.05) is 0 Å². The van der Waals surface area contributed by atoms with E-state index in [0.717, 1.165) is 0 Å². The quantitative estimate of drug-likeness (QED) is 0.700. The first-order valence-corrected chi connectivity index (χ1v) is 5.19. The molecule has 1 aromatic rings. The van der Waals surface area contributed by atoms with Gasteiger partial charge in [0.1, 0.15) is 13.1 Å². The van der Waals surface area contributed by atoms with Gasteiger partial charge in [0.25, 0.3) is 0 Å². The van der Waals surface area contributed by atoms with Crippen LogP contribution in [-0.2, 0) is 20.9 Å². The third-order valence-electron chi connectivity index (χ3n) is 2.23. The fourth-order valence-corrected chi connectivity index (χ4v) is 1.30. The van der Waals surface area contributed by atoms with Crippen LogP contribution in [0.25, 0.3) is 0 Å². The second kappa shape index (κ2) is 5.88. The van der Waals surface area contributed by atoms with E-state index < -0.39 is 5.97 Å². The monoisotopic (exact) mass is 240 g/mol. The summed E-state index contributed by atoms with van der Waals surface area (Å²) in [6, 6.07) is 0. The standard InChI is InChI=1S/C10H16N4O3/c1-3-13(7-10(16)17-2)9(15)6-14-5-8(11)4-12-14/h4-5H,3,6-7,11H2,1-2H3. The van der Waals surface area contributed by atoms with Crippen LogP contribution in [0.2, 0.25) is 0 Å². The Morgan fingerprint density at radius 1 is 1.59 bits per heavy atom. The molecule has 0 spiro atoms. The highest BCUT2D eigenvalue weighted by molar-refractivity contribution is 5.81. The molecule has 94 valence electrons. The van der Waals surface area contributed by atoms with Crippen molar-refractivity contribution >= 4 is 17.6 Å². The van der Waals surface area contributed by atoms with Crippen LogP contribution in [0, 0.1) is 0 Å². The van der Waals surface area contributed by atoms with Gasteiger partial charge in [0.15, 0.2) is 0 Å². The van der Waals surface area contributed by atoms with Crippen molar-refractivity contribution in [1.29, 1.82) is 0 Å². The molecular weight excluding hydrogens is 224 g/mol. The molecule has 0 fully saturated rings. The van der Waals surface area contributed by atoms with Crippen LogP contribution in [-0.4, -0.2) is 46.8 Å². The molecule has 1 aromatic heterocycles. The zero-order valence-corrected chi connectivity index (χ0v) is 9.92. The molecule has 0 aliphatic rings. The molecule has 0 aliphatic carbocycles. The third kappa shape index (κ3) is 3.78. The molecule has 0 bridgehead atoms. The van der Waals surface area contributed by atoms with Crippen LogP contribution in [0.3, 0.4) is 0 Å². The Bertz CT molecular complexity index is 402. The first-order valence-electron chi connectivity index (χ1n) is 5.19. The Morgan fingerprint density at radius 3 is 2.76 bits per heavy atom. The lowest BCUT2D eigenvalue weighted by Gasteiger charge is -2.19. The Balaban J connectivity index is 2.57. The summed E-state index contributed by atoms with van der Waals surface area (Å²) >= 11 is 0. The van der Waals surface area contributed by atoms with Gasteiger partial charge in [-0.3, -0.25) is 14.3 Å². The molecule has 0 saturated carbocycles. The average Bonchev–Trinajstić information content (AvgIpc) is 2.70. The second-order valence-corrected chi connectivity index (χ2v) is 3.46. The van der Waals surface area contributed by atoms with Crippen molar-refractivity contribution in [3.8, 4) is 0 Å². The molecule has 0 unspecified atom stereocenters. The summed E-state index contributed by atoms with van der Waals surface area (Å²) in [4.78, 5) is 24.3. The Morgan fingerprint density at radius 2 is 2.29 bits per heavy atom. The zero-order chi connectivity index (χ0) is 12.8. The van der Waals surface area contributed by atoms with Crippen molar-refractivity contribution in [2.45, 2.75) is 13.5 Å². The highest BCUT2D eigenvalue weighted by Gasteiger charge is 2.16. The minimum absolute atomic E-state index is 0.0530. The molecule has 0 aromatic carbocycles. The number of nitrogens with two attached hydrogens (primary N) is 1. The maximum Gasteiger partial charge on any atom is 0.325 e. The molecule has 7 nitrogen and oxygen atoms in total. The molecule has 0 radical (unpaired) electrons. The van der Waals surface area contributed by atoms with E-state index in [-0.39, 0.29) is 19.0 Å². The van der Waals surface area contributed by atoms with Crippen LogP contribution in [0.1, 0.15) is 6.92 Å². The molecule has 7 heteroatoms. The summed E-state index contributed by atoms with van der Waals surface area (Å²) in [7, 11) is 1.29. The number of nitrogen functional groups attached to an aromatic ring is 1. The molecular formula is C10H16N4O3. The van der Waals surface area contributed by atoms with E-state index in [1.165, 1.54) is 22.9 Å². The smallest absolute Gasteiger partial charge is 0.325 e. The summed E-state index contributed by atoms with van der Waals surface area (Å²) in [6.07, 6.45) is 3.02. The summed E-state index contributed by atoms with van der Waals surface area (Å²) in [5, 5.41) is 3.90. The van der Waals surface area contributed by atoms with Crippen LogP contribution in [0.5, 0.6) is 0 Å². The largest absolute Gasteiger partial charge is 0.468 e. The van der Waals surface area contributed by atoms with Crippen molar-refractivity contribution in [2.75, 3.05) is 25.9 Å². The van der Waals surface area contributed by atoms with Gasteiger partial charge in [0.05, 0.1) is 19.0 Å². The number of amides is 1.